The van der Waals surface area contributed by atoms with Gasteiger partial charge in [-0.3, -0.25) is 23.7 Å². The summed E-state index contributed by atoms with van der Waals surface area (Å²) in [5.41, 5.74) is 4.34. The number of aliphatic hydroxyl groups excluding tert-OH is 1. The molecule has 0 aliphatic heterocycles. The summed E-state index contributed by atoms with van der Waals surface area (Å²) in [5, 5.41) is 22.6. The van der Waals surface area contributed by atoms with Crippen LogP contribution in [0, 0.1) is 23.7 Å². The highest BCUT2D eigenvalue weighted by Crippen LogP contribution is 2.30. The quantitative estimate of drug-likeness (QED) is 0.0216. The van der Waals surface area contributed by atoms with Crippen LogP contribution in [0.1, 0.15) is 52.9 Å². The lowest BCUT2D eigenvalue weighted by Gasteiger charge is -2.36. The predicted molar refractivity (Wildman–Crippen MR) is 192 cm³/mol. The first kappa shape index (κ1) is 47.7. The predicted octanol–water partition coefficient (Wildman–Crippen LogP) is 1.48. The Balaban J connectivity index is 5.52. The van der Waals surface area contributed by atoms with Gasteiger partial charge < -0.3 is 43.4 Å². The third kappa shape index (κ3) is 18.2. The summed E-state index contributed by atoms with van der Waals surface area (Å²) in [5.74, 6) is -6.65. The van der Waals surface area contributed by atoms with Crippen molar-refractivity contribution in [3.8, 4) is 0 Å². The number of aliphatic carboxylic acids is 1. The Morgan fingerprint density at radius 3 is 2.00 bits per heavy atom. The zero-order chi connectivity index (χ0) is 38.1. The Bertz CT molecular complexity index is 1160. The number of methoxy groups -OCH3 is 1. The van der Waals surface area contributed by atoms with Gasteiger partial charge in [-0.15, -0.1) is 0 Å². The maximum Gasteiger partial charge on any atom is 0.491 e. The molecule has 288 valence electrons. The van der Waals surface area contributed by atoms with E-state index in [0.29, 0.717) is 36.4 Å². The highest BCUT2D eigenvalue weighted by atomic mass is 32.2. The number of hydrogen-bond acceptors (Lipinski definition) is 14. The number of carboxylic acids is 1. The molecular weight excluding hydrogens is 741 g/mol. The van der Waals surface area contributed by atoms with Crippen LogP contribution >= 0.6 is 24.4 Å². The highest BCUT2D eigenvalue weighted by molar-refractivity contribution is 7.99. The molecule has 0 saturated heterocycles. The largest absolute Gasteiger partial charge is 0.491 e. The van der Waals surface area contributed by atoms with Gasteiger partial charge in [0.2, 0.25) is 11.8 Å². The summed E-state index contributed by atoms with van der Waals surface area (Å²) in [6, 6.07) is 0.881. The van der Waals surface area contributed by atoms with E-state index in [1.165, 1.54) is 53.9 Å². The number of amides is 2. The summed E-state index contributed by atoms with van der Waals surface area (Å²) in [6.45, 7) is 4.33. The molecule has 0 aromatic heterocycles. The van der Waals surface area contributed by atoms with Crippen molar-refractivity contribution in [3.05, 3.63) is 0 Å². The fourth-order valence-electron chi connectivity index (χ4n) is 5.23. The van der Waals surface area contributed by atoms with Crippen molar-refractivity contribution in [1.82, 2.24) is 5.32 Å². The second kappa shape index (κ2) is 22.6. The lowest BCUT2D eigenvalue weighted by Crippen LogP contribution is -2.58. The number of rotatable bonds is 28. The number of primary amides is 1. The van der Waals surface area contributed by atoms with Gasteiger partial charge in [-0.05, 0) is 63.5 Å². The van der Waals surface area contributed by atoms with E-state index in [1.54, 1.807) is 0 Å². The van der Waals surface area contributed by atoms with Crippen molar-refractivity contribution in [1.29, 1.82) is 0 Å². The monoisotopic (exact) mass is 796 g/mol. The molecule has 0 aliphatic rings. The lowest BCUT2D eigenvalue weighted by atomic mass is 9.83. The van der Waals surface area contributed by atoms with Gasteiger partial charge in [0.05, 0.1) is 36.5 Å². The molecule has 0 spiro atoms. The topological polar surface area (TPSA) is 247 Å². The highest BCUT2D eigenvalue weighted by Gasteiger charge is 2.49. The van der Waals surface area contributed by atoms with E-state index in [1.807, 2.05) is 0 Å². The first-order valence-electron chi connectivity index (χ1n) is 15.7. The van der Waals surface area contributed by atoms with E-state index in [-0.39, 0.29) is 31.2 Å². The molecule has 5 unspecified atom stereocenters. The SMILES string of the molecule is COC(=O)C(CC(C)C(=O)NC(C)(C)CS(=O)(=O)O)CC(CC(CSCCC[Si](OC)(OC)O[Si](CO)(CCCS)OC)C(=O)O)C(N)=O. The van der Waals surface area contributed by atoms with Crippen LogP contribution in [0.5, 0.6) is 0 Å². The molecule has 21 heteroatoms. The molecule has 16 nitrogen and oxygen atoms in total. The number of aliphatic hydroxyl groups is 1. The molecule has 0 saturated carbocycles. The smallest absolute Gasteiger partial charge is 0.481 e. The Hall–Kier alpha value is -1.28. The van der Waals surface area contributed by atoms with E-state index in [0.717, 1.165) is 7.11 Å². The number of hydrogen-bond donors (Lipinski definition) is 6. The molecule has 0 bridgehead atoms. The summed E-state index contributed by atoms with van der Waals surface area (Å²) < 4.78 is 60.0. The molecule has 0 rings (SSSR count). The van der Waals surface area contributed by atoms with Crippen LogP contribution in [0.3, 0.4) is 0 Å². The van der Waals surface area contributed by atoms with Crippen LogP contribution in [-0.4, -0.2) is 128 Å². The number of ether oxygens (including phenoxy) is 1. The van der Waals surface area contributed by atoms with E-state index in [9.17, 15) is 42.4 Å². The second-order valence-electron chi connectivity index (χ2n) is 12.5. The van der Waals surface area contributed by atoms with Crippen molar-refractivity contribution < 1.29 is 64.5 Å². The molecule has 6 N–H and O–H groups in total. The van der Waals surface area contributed by atoms with Crippen LogP contribution in [0.15, 0.2) is 0 Å². The van der Waals surface area contributed by atoms with Crippen molar-refractivity contribution >= 4 is 75.6 Å². The summed E-state index contributed by atoms with van der Waals surface area (Å²) in [4.78, 5) is 50.2. The molecular formula is C28H56N2O14S3Si2. The van der Waals surface area contributed by atoms with E-state index in [2.05, 4.69) is 17.9 Å². The first-order chi connectivity index (χ1) is 22.7. The Morgan fingerprint density at radius 1 is 0.959 bits per heavy atom. The van der Waals surface area contributed by atoms with Gasteiger partial charge in [0.1, 0.15) is 0 Å². The van der Waals surface area contributed by atoms with Gasteiger partial charge in [0.15, 0.2) is 0 Å². The number of carbonyl (C=O) groups is 4. The van der Waals surface area contributed by atoms with Crippen molar-refractivity contribution in [2.75, 3.05) is 57.7 Å². The fourth-order valence-corrected chi connectivity index (χ4v) is 14.7. The molecule has 5 atom stereocenters. The fraction of sp³-hybridized carbons (Fsp3) is 0.857. The normalized spacial score (nSPS) is 16.2. The van der Waals surface area contributed by atoms with Crippen LogP contribution < -0.4 is 11.1 Å². The second-order valence-corrected chi connectivity index (χ2v) is 22.1. The molecule has 0 aromatic carbocycles. The van der Waals surface area contributed by atoms with Gasteiger partial charge in [-0.1, -0.05) is 6.92 Å². The van der Waals surface area contributed by atoms with E-state index >= 15 is 0 Å². The minimum absolute atomic E-state index is 0.0957. The van der Waals surface area contributed by atoms with Crippen molar-refractivity contribution in [2.24, 2.45) is 29.4 Å². The summed E-state index contributed by atoms with van der Waals surface area (Å²) in [7, 11) is -5.09. The molecule has 0 heterocycles. The third-order valence-electron chi connectivity index (χ3n) is 7.90. The van der Waals surface area contributed by atoms with Crippen LogP contribution in [0.25, 0.3) is 0 Å². The third-order valence-corrected chi connectivity index (χ3v) is 17.8. The van der Waals surface area contributed by atoms with Crippen LogP contribution in [0.2, 0.25) is 12.1 Å². The van der Waals surface area contributed by atoms with Crippen LogP contribution in [-0.2, 0) is 51.4 Å². The number of thiol groups is 1. The maximum atomic E-state index is 12.8. The molecule has 0 fully saturated rings. The summed E-state index contributed by atoms with van der Waals surface area (Å²) >= 11 is 5.57. The number of esters is 1. The lowest BCUT2D eigenvalue weighted by molar-refractivity contribution is -0.147. The minimum Gasteiger partial charge on any atom is -0.481 e. The van der Waals surface area contributed by atoms with Gasteiger partial charge in [-0.25, -0.2) is 0 Å². The van der Waals surface area contributed by atoms with Crippen molar-refractivity contribution in [3.63, 3.8) is 0 Å². The molecule has 2 amide bonds. The Kier molecular flexibility index (Phi) is 22.0. The van der Waals surface area contributed by atoms with E-state index < -0.39 is 86.2 Å². The Labute approximate surface area is 302 Å². The van der Waals surface area contributed by atoms with Gasteiger partial charge in [0, 0.05) is 45.0 Å². The minimum atomic E-state index is -4.39. The Morgan fingerprint density at radius 2 is 1.55 bits per heavy atom. The number of carbonyl (C=O) groups excluding carboxylic acids is 3. The zero-order valence-corrected chi connectivity index (χ0v) is 34.0. The van der Waals surface area contributed by atoms with Gasteiger partial charge in [0.25, 0.3) is 10.1 Å². The van der Waals surface area contributed by atoms with E-state index in [4.69, 9.17) is 27.9 Å². The number of nitrogens with two attached hydrogens (primary N) is 1. The van der Waals surface area contributed by atoms with Crippen molar-refractivity contribution in [2.45, 2.75) is 70.5 Å². The number of thioether (sulfide) groups is 1. The molecule has 0 aliphatic carbocycles. The van der Waals surface area contributed by atoms with Gasteiger partial charge >= 0.3 is 29.3 Å². The number of nitrogens with one attached hydrogen (secondary N) is 1. The molecule has 0 radical (unpaired) electrons. The van der Waals surface area contributed by atoms with Crippen LogP contribution in [0.4, 0.5) is 0 Å². The zero-order valence-electron chi connectivity index (χ0n) is 29.5. The van der Waals surface area contributed by atoms with Gasteiger partial charge in [-0.2, -0.15) is 32.8 Å². The maximum absolute atomic E-state index is 12.8. The average Bonchev–Trinajstić information content (AvgIpc) is 3.02. The average molecular weight is 797 g/mol. The number of carboxylic acid groups (broad SMARTS) is 1. The standard InChI is InChI=1S/C28H56N2O14S3Si2/c1-20(25(33)30-28(2,3)18-47(37,38)39)14-22(27(36)40-4)15-21(24(29)32)16-23(26(34)35)17-46-11-9-13-49(42-6,43-7)44-48(19-31,41-5)12-8-10-45/h20-23,31,45H,8-19H2,1-7H3,(H2,29,32)(H,30,33)(H,34,35)(H,37,38,39). The first-order valence-corrected chi connectivity index (χ1v) is 23.3. The molecule has 0 aromatic rings. The summed E-state index contributed by atoms with van der Waals surface area (Å²) in [6.07, 6.45) is 0.497. The molecule has 49 heavy (non-hydrogen) atoms.